The summed E-state index contributed by atoms with van der Waals surface area (Å²) < 4.78 is 6.90. The van der Waals surface area contributed by atoms with Crippen LogP contribution in [0.15, 0.2) is 18.7 Å². The lowest BCUT2D eigenvalue weighted by Crippen LogP contribution is -2.51. The molecule has 3 N–H and O–H groups in total. The number of carbonyl (C=O) groups is 1. The lowest BCUT2D eigenvalue weighted by atomic mass is 9.86. The molecule has 0 fully saturated rings. The maximum absolute atomic E-state index is 12.1. The normalized spacial score (nSPS) is 14.8. The third kappa shape index (κ3) is 5.30. The van der Waals surface area contributed by atoms with E-state index in [4.69, 9.17) is 10.5 Å². The van der Waals surface area contributed by atoms with E-state index in [9.17, 15) is 4.79 Å². The molecule has 0 aliphatic rings. The summed E-state index contributed by atoms with van der Waals surface area (Å²) in [6.45, 7) is 7.43. The molecule has 1 rings (SSSR count). The smallest absolute Gasteiger partial charge is 0.237 e. The molecular formula is C14H26N4O2. The number of hydrogen-bond acceptors (Lipinski definition) is 4. The molecule has 6 heteroatoms. The summed E-state index contributed by atoms with van der Waals surface area (Å²) in [5.41, 5.74) is 5.79. The van der Waals surface area contributed by atoms with Crippen LogP contribution in [-0.4, -0.2) is 41.3 Å². The quantitative estimate of drug-likeness (QED) is 0.774. The van der Waals surface area contributed by atoms with Gasteiger partial charge in [-0.15, -0.1) is 0 Å². The van der Waals surface area contributed by atoms with Crippen LogP contribution in [0.1, 0.15) is 27.2 Å². The molecule has 6 nitrogen and oxygen atoms in total. The number of amides is 1. The van der Waals surface area contributed by atoms with Gasteiger partial charge in [-0.1, -0.05) is 20.8 Å². The fourth-order valence-electron chi connectivity index (χ4n) is 1.80. The Balaban J connectivity index is 2.63. The van der Waals surface area contributed by atoms with Crippen molar-refractivity contribution in [3.05, 3.63) is 18.7 Å². The number of nitrogens with one attached hydrogen (secondary N) is 1. The molecule has 0 saturated heterocycles. The van der Waals surface area contributed by atoms with Gasteiger partial charge in [-0.2, -0.15) is 0 Å². The Bertz CT molecular complexity index is 398. The Labute approximate surface area is 120 Å². The lowest BCUT2D eigenvalue weighted by molar-refractivity contribution is -0.124. The number of carbonyl (C=O) groups excluding carboxylic acids is 1. The zero-order chi connectivity index (χ0) is 15.2. The highest BCUT2D eigenvalue weighted by Gasteiger charge is 2.28. The molecule has 0 radical (unpaired) electrons. The summed E-state index contributed by atoms with van der Waals surface area (Å²) in [5.74, 6) is -0.137. The van der Waals surface area contributed by atoms with Gasteiger partial charge >= 0.3 is 0 Å². The molecule has 0 aliphatic heterocycles. The van der Waals surface area contributed by atoms with Crippen molar-refractivity contribution in [1.82, 2.24) is 14.9 Å². The lowest BCUT2D eigenvalue weighted by Gasteiger charge is -2.32. The number of nitrogens with zero attached hydrogens (tertiary/aromatic N) is 2. The SMILES string of the molecule is COCCC(N)C(=O)NC(Cn1ccnc1)C(C)(C)C. The van der Waals surface area contributed by atoms with Crippen molar-refractivity contribution in [2.24, 2.45) is 11.1 Å². The number of nitrogens with two attached hydrogens (primary N) is 1. The molecule has 1 aromatic rings. The molecule has 0 saturated carbocycles. The summed E-state index contributed by atoms with van der Waals surface area (Å²) in [4.78, 5) is 16.1. The first-order chi connectivity index (χ1) is 9.34. The fourth-order valence-corrected chi connectivity index (χ4v) is 1.80. The molecule has 0 aromatic carbocycles. The van der Waals surface area contributed by atoms with E-state index < -0.39 is 6.04 Å². The van der Waals surface area contributed by atoms with Crippen molar-refractivity contribution in [2.45, 2.75) is 45.8 Å². The Kier molecular flexibility index (Phi) is 6.16. The van der Waals surface area contributed by atoms with Crippen LogP contribution in [0.3, 0.4) is 0 Å². The minimum absolute atomic E-state index is 0.0159. The van der Waals surface area contributed by atoms with Crippen molar-refractivity contribution in [2.75, 3.05) is 13.7 Å². The average molecular weight is 282 g/mol. The van der Waals surface area contributed by atoms with Crippen LogP contribution >= 0.6 is 0 Å². The molecule has 20 heavy (non-hydrogen) atoms. The summed E-state index contributed by atoms with van der Waals surface area (Å²) in [6.07, 6.45) is 5.88. The van der Waals surface area contributed by atoms with Crippen molar-refractivity contribution >= 4 is 5.91 Å². The Morgan fingerprint density at radius 3 is 2.70 bits per heavy atom. The topological polar surface area (TPSA) is 82.2 Å². The second-order valence-corrected chi connectivity index (χ2v) is 6.07. The van der Waals surface area contributed by atoms with Crippen LogP contribution in [0.25, 0.3) is 0 Å². The number of imidazole rings is 1. The summed E-state index contributed by atoms with van der Waals surface area (Å²) in [5, 5.41) is 3.04. The van der Waals surface area contributed by atoms with Gasteiger partial charge in [0.1, 0.15) is 0 Å². The minimum Gasteiger partial charge on any atom is -0.385 e. The van der Waals surface area contributed by atoms with Gasteiger partial charge in [0.05, 0.1) is 18.4 Å². The first kappa shape index (κ1) is 16.7. The number of hydrogen-bond donors (Lipinski definition) is 2. The molecular weight excluding hydrogens is 256 g/mol. The van der Waals surface area contributed by atoms with Crippen LogP contribution in [-0.2, 0) is 16.1 Å². The molecule has 1 aromatic heterocycles. The third-order valence-electron chi connectivity index (χ3n) is 3.28. The van der Waals surface area contributed by atoms with Gasteiger partial charge in [0.25, 0.3) is 0 Å². The maximum Gasteiger partial charge on any atom is 0.237 e. The van der Waals surface area contributed by atoms with Crippen molar-refractivity contribution in [1.29, 1.82) is 0 Å². The largest absolute Gasteiger partial charge is 0.385 e. The van der Waals surface area contributed by atoms with Crippen molar-refractivity contribution < 1.29 is 9.53 Å². The van der Waals surface area contributed by atoms with Gasteiger partial charge in [-0.25, -0.2) is 4.98 Å². The van der Waals surface area contributed by atoms with Gasteiger partial charge < -0.3 is 20.4 Å². The van der Waals surface area contributed by atoms with Crippen LogP contribution < -0.4 is 11.1 Å². The highest BCUT2D eigenvalue weighted by molar-refractivity contribution is 5.81. The van der Waals surface area contributed by atoms with Crippen LogP contribution in [0.5, 0.6) is 0 Å². The van der Waals surface area contributed by atoms with Crippen molar-refractivity contribution in [3.8, 4) is 0 Å². The zero-order valence-corrected chi connectivity index (χ0v) is 12.8. The van der Waals surface area contributed by atoms with E-state index >= 15 is 0 Å². The first-order valence-corrected chi connectivity index (χ1v) is 6.85. The highest BCUT2D eigenvalue weighted by Crippen LogP contribution is 2.20. The molecule has 0 aliphatic carbocycles. The molecule has 114 valence electrons. The number of aromatic nitrogens is 2. The minimum atomic E-state index is -0.539. The van der Waals surface area contributed by atoms with Gasteiger partial charge in [-0.05, 0) is 11.8 Å². The average Bonchev–Trinajstić information content (AvgIpc) is 2.86. The number of ether oxygens (including phenoxy) is 1. The number of rotatable bonds is 7. The predicted molar refractivity (Wildman–Crippen MR) is 78.1 cm³/mol. The van der Waals surface area contributed by atoms with Crippen molar-refractivity contribution in [3.63, 3.8) is 0 Å². The van der Waals surface area contributed by atoms with E-state index in [2.05, 4.69) is 31.1 Å². The molecule has 2 atom stereocenters. The molecule has 2 unspecified atom stereocenters. The maximum atomic E-state index is 12.1. The van der Waals surface area contributed by atoms with E-state index in [1.807, 2.05) is 10.8 Å². The van der Waals surface area contributed by atoms with Crippen LogP contribution in [0.4, 0.5) is 0 Å². The third-order valence-corrected chi connectivity index (χ3v) is 3.28. The van der Waals surface area contributed by atoms with E-state index in [1.54, 1.807) is 19.6 Å². The second-order valence-electron chi connectivity index (χ2n) is 6.07. The fraction of sp³-hybridized carbons (Fsp3) is 0.714. The Morgan fingerprint density at radius 2 is 2.20 bits per heavy atom. The van der Waals surface area contributed by atoms with E-state index in [-0.39, 0.29) is 17.4 Å². The Hall–Kier alpha value is -1.40. The molecule has 0 bridgehead atoms. The summed E-state index contributed by atoms with van der Waals surface area (Å²) >= 11 is 0. The summed E-state index contributed by atoms with van der Waals surface area (Å²) in [6, 6.07) is -0.555. The zero-order valence-electron chi connectivity index (χ0n) is 12.8. The van der Waals surface area contributed by atoms with Gasteiger partial charge in [0, 0.05) is 32.7 Å². The van der Waals surface area contributed by atoms with Crippen LogP contribution in [0.2, 0.25) is 0 Å². The molecule has 1 heterocycles. The van der Waals surface area contributed by atoms with E-state index in [0.29, 0.717) is 19.6 Å². The standard InChI is InChI=1S/C14H26N4O2/c1-14(2,3)12(9-18-7-6-16-10-18)17-13(19)11(15)5-8-20-4/h6-7,10-12H,5,8-9,15H2,1-4H3,(H,17,19). The Morgan fingerprint density at radius 1 is 1.50 bits per heavy atom. The number of methoxy groups -OCH3 is 1. The molecule has 0 spiro atoms. The van der Waals surface area contributed by atoms with E-state index in [0.717, 1.165) is 0 Å². The molecule has 1 amide bonds. The van der Waals surface area contributed by atoms with Crippen LogP contribution in [0, 0.1) is 5.41 Å². The first-order valence-electron chi connectivity index (χ1n) is 6.85. The van der Waals surface area contributed by atoms with Gasteiger partial charge in [-0.3, -0.25) is 4.79 Å². The monoisotopic (exact) mass is 282 g/mol. The second kappa shape index (κ2) is 7.40. The predicted octanol–water partition coefficient (Wildman–Crippen LogP) is 0.778. The summed E-state index contributed by atoms with van der Waals surface area (Å²) in [7, 11) is 1.60. The van der Waals surface area contributed by atoms with Gasteiger partial charge in [0.2, 0.25) is 5.91 Å². The van der Waals surface area contributed by atoms with Gasteiger partial charge in [0.15, 0.2) is 0 Å². The van der Waals surface area contributed by atoms with E-state index in [1.165, 1.54) is 0 Å². The highest BCUT2D eigenvalue weighted by atomic mass is 16.5.